The van der Waals surface area contributed by atoms with Crippen LogP contribution in [0.2, 0.25) is 0 Å². The van der Waals surface area contributed by atoms with Crippen molar-refractivity contribution >= 4 is 12.4 Å². The highest BCUT2D eigenvalue weighted by Gasteiger charge is 2.18. The molecule has 3 nitrogen and oxygen atoms in total. The zero-order chi connectivity index (χ0) is 10.8. The summed E-state index contributed by atoms with van der Waals surface area (Å²) in [6, 6.07) is 10.7. The first-order valence-corrected chi connectivity index (χ1v) is 5.77. The quantitative estimate of drug-likeness (QED) is 0.859. The molecule has 1 saturated heterocycles. The van der Waals surface area contributed by atoms with Crippen LogP contribution in [-0.2, 0) is 0 Å². The standard InChI is InChI=1S/C13H15N3.ClH/c1-2-5-10(6-3-1)12-9-15-13(16-12)11-7-4-8-14-11;/h1-3,5-6,9,11,14H,4,7-8H2,(H,15,16);1H/t11-;/m0./s1. The van der Waals surface area contributed by atoms with Crippen molar-refractivity contribution in [3.05, 3.63) is 42.4 Å². The molecule has 1 aromatic heterocycles. The summed E-state index contributed by atoms with van der Waals surface area (Å²) < 4.78 is 0. The number of hydrogen-bond acceptors (Lipinski definition) is 2. The second kappa shape index (κ2) is 5.34. The molecule has 0 unspecified atom stereocenters. The van der Waals surface area contributed by atoms with E-state index in [9.17, 15) is 0 Å². The third-order valence-electron chi connectivity index (χ3n) is 3.07. The van der Waals surface area contributed by atoms with E-state index < -0.39 is 0 Å². The SMILES string of the molecule is Cl.c1ccc(-c2cnc([C@@H]3CCCN3)[nH]2)cc1. The maximum Gasteiger partial charge on any atom is 0.123 e. The van der Waals surface area contributed by atoms with E-state index in [-0.39, 0.29) is 12.4 Å². The molecule has 0 saturated carbocycles. The van der Waals surface area contributed by atoms with E-state index in [0.29, 0.717) is 6.04 Å². The van der Waals surface area contributed by atoms with Gasteiger partial charge in [-0.05, 0) is 24.9 Å². The Balaban J connectivity index is 0.00000108. The van der Waals surface area contributed by atoms with Gasteiger partial charge in [-0.2, -0.15) is 0 Å². The molecule has 2 aromatic rings. The second-order valence-corrected chi connectivity index (χ2v) is 4.20. The molecular formula is C13H16ClN3. The van der Waals surface area contributed by atoms with E-state index >= 15 is 0 Å². The van der Waals surface area contributed by atoms with E-state index in [2.05, 4.69) is 27.4 Å². The van der Waals surface area contributed by atoms with Crippen molar-refractivity contribution in [2.75, 3.05) is 6.54 Å². The number of nitrogens with one attached hydrogen (secondary N) is 2. The minimum absolute atomic E-state index is 0. The van der Waals surface area contributed by atoms with Gasteiger partial charge in [-0.3, -0.25) is 0 Å². The van der Waals surface area contributed by atoms with Gasteiger partial charge >= 0.3 is 0 Å². The van der Waals surface area contributed by atoms with E-state index in [0.717, 1.165) is 18.1 Å². The lowest BCUT2D eigenvalue weighted by molar-refractivity contribution is 0.613. The molecule has 1 aromatic carbocycles. The number of nitrogens with zero attached hydrogens (tertiary/aromatic N) is 1. The van der Waals surface area contributed by atoms with Gasteiger partial charge in [0.1, 0.15) is 5.82 Å². The number of hydrogen-bond donors (Lipinski definition) is 2. The zero-order valence-corrected chi connectivity index (χ0v) is 10.3. The minimum atomic E-state index is 0. The summed E-state index contributed by atoms with van der Waals surface area (Å²) >= 11 is 0. The summed E-state index contributed by atoms with van der Waals surface area (Å²) in [5.41, 5.74) is 2.29. The third kappa shape index (κ3) is 2.51. The van der Waals surface area contributed by atoms with Gasteiger partial charge in [-0.25, -0.2) is 4.98 Å². The molecule has 0 spiro atoms. The van der Waals surface area contributed by atoms with Crippen molar-refractivity contribution in [3.8, 4) is 11.3 Å². The molecule has 3 rings (SSSR count). The Morgan fingerprint density at radius 1 is 1.18 bits per heavy atom. The fourth-order valence-electron chi connectivity index (χ4n) is 2.20. The van der Waals surface area contributed by atoms with Crippen molar-refractivity contribution < 1.29 is 0 Å². The minimum Gasteiger partial charge on any atom is -0.341 e. The van der Waals surface area contributed by atoms with Crippen LogP contribution in [0.5, 0.6) is 0 Å². The lowest BCUT2D eigenvalue weighted by atomic mass is 10.2. The van der Waals surface area contributed by atoms with Gasteiger partial charge in [-0.15, -0.1) is 12.4 Å². The van der Waals surface area contributed by atoms with Crippen LogP contribution in [0.1, 0.15) is 24.7 Å². The molecule has 0 amide bonds. The van der Waals surface area contributed by atoms with E-state index in [1.54, 1.807) is 0 Å². The maximum absolute atomic E-state index is 4.46. The summed E-state index contributed by atoms with van der Waals surface area (Å²) in [5, 5.41) is 3.44. The first-order chi connectivity index (χ1) is 7.93. The van der Waals surface area contributed by atoms with Gasteiger partial charge in [-0.1, -0.05) is 30.3 Å². The summed E-state index contributed by atoms with van der Waals surface area (Å²) in [5.74, 6) is 1.07. The predicted molar refractivity (Wildman–Crippen MR) is 71.2 cm³/mol. The van der Waals surface area contributed by atoms with Crippen LogP contribution < -0.4 is 5.32 Å². The highest BCUT2D eigenvalue weighted by molar-refractivity contribution is 5.85. The first-order valence-electron chi connectivity index (χ1n) is 5.77. The fraction of sp³-hybridized carbons (Fsp3) is 0.308. The van der Waals surface area contributed by atoms with Gasteiger partial charge in [0.15, 0.2) is 0 Å². The molecule has 17 heavy (non-hydrogen) atoms. The molecular weight excluding hydrogens is 234 g/mol. The lowest BCUT2D eigenvalue weighted by Gasteiger charge is -2.05. The predicted octanol–water partition coefficient (Wildman–Crippen LogP) is 2.92. The smallest absolute Gasteiger partial charge is 0.123 e. The third-order valence-corrected chi connectivity index (χ3v) is 3.07. The largest absolute Gasteiger partial charge is 0.341 e. The molecule has 2 N–H and O–H groups in total. The Hall–Kier alpha value is -1.32. The van der Waals surface area contributed by atoms with Crippen LogP contribution in [0.15, 0.2) is 36.5 Å². The van der Waals surface area contributed by atoms with Gasteiger partial charge in [0.25, 0.3) is 0 Å². The van der Waals surface area contributed by atoms with Crippen LogP contribution in [0, 0.1) is 0 Å². The van der Waals surface area contributed by atoms with Gasteiger partial charge in [0.05, 0.1) is 17.9 Å². The van der Waals surface area contributed by atoms with E-state index in [1.807, 2.05) is 24.4 Å². The molecule has 1 fully saturated rings. The van der Waals surface area contributed by atoms with Crippen molar-refractivity contribution in [3.63, 3.8) is 0 Å². The maximum atomic E-state index is 4.46. The summed E-state index contributed by atoms with van der Waals surface area (Å²) in [6.45, 7) is 1.10. The zero-order valence-electron chi connectivity index (χ0n) is 9.52. The average Bonchev–Trinajstić information content (AvgIpc) is 3.01. The van der Waals surface area contributed by atoms with Gasteiger partial charge in [0, 0.05) is 0 Å². The average molecular weight is 250 g/mol. The highest BCUT2D eigenvalue weighted by Crippen LogP contribution is 2.23. The summed E-state index contributed by atoms with van der Waals surface area (Å²) in [6.07, 6.45) is 4.35. The Morgan fingerprint density at radius 3 is 2.71 bits per heavy atom. The second-order valence-electron chi connectivity index (χ2n) is 4.20. The summed E-state index contributed by atoms with van der Waals surface area (Å²) in [7, 11) is 0. The highest BCUT2D eigenvalue weighted by atomic mass is 35.5. The fourth-order valence-corrected chi connectivity index (χ4v) is 2.20. The number of aromatic nitrogens is 2. The molecule has 1 aliphatic rings. The molecule has 0 radical (unpaired) electrons. The van der Waals surface area contributed by atoms with Crippen molar-refractivity contribution in [2.24, 2.45) is 0 Å². The number of H-pyrrole nitrogens is 1. The van der Waals surface area contributed by atoms with Gasteiger partial charge < -0.3 is 10.3 Å². The van der Waals surface area contributed by atoms with Crippen LogP contribution in [0.25, 0.3) is 11.3 Å². The van der Waals surface area contributed by atoms with Crippen LogP contribution >= 0.6 is 12.4 Å². The van der Waals surface area contributed by atoms with Gasteiger partial charge in [0.2, 0.25) is 0 Å². The number of benzene rings is 1. The monoisotopic (exact) mass is 249 g/mol. The van der Waals surface area contributed by atoms with Crippen LogP contribution in [-0.4, -0.2) is 16.5 Å². The van der Waals surface area contributed by atoms with Crippen molar-refractivity contribution in [1.29, 1.82) is 0 Å². The molecule has 4 heteroatoms. The summed E-state index contributed by atoms with van der Waals surface area (Å²) in [4.78, 5) is 7.85. The lowest BCUT2D eigenvalue weighted by Crippen LogP contribution is -2.14. The van der Waals surface area contributed by atoms with E-state index in [1.165, 1.54) is 18.4 Å². The van der Waals surface area contributed by atoms with E-state index in [4.69, 9.17) is 0 Å². The van der Waals surface area contributed by atoms with Crippen molar-refractivity contribution in [1.82, 2.24) is 15.3 Å². The Labute approximate surface area is 107 Å². The number of aromatic amines is 1. The topological polar surface area (TPSA) is 40.7 Å². The Morgan fingerprint density at radius 2 is 2.00 bits per heavy atom. The number of rotatable bonds is 2. The molecule has 1 atom stereocenters. The van der Waals surface area contributed by atoms with Crippen LogP contribution in [0.4, 0.5) is 0 Å². The first kappa shape index (κ1) is 12.1. The Kier molecular flexibility index (Phi) is 3.82. The number of imidazole rings is 1. The van der Waals surface area contributed by atoms with Crippen LogP contribution in [0.3, 0.4) is 0 Å². The molecule has 90 valence electrons. The molecule has 0 aliphatic carbocycles. The molecule has 1 aliphatic heterocycles. The normalized spacial score (nSPS) is 18.9. The van der Waals surface area contributed by atoms with Crippen molar-refractivity contribution in [2.45, 2.75) is 18.9 Å². The molecule has 0 bridgehead atoms. The Bertz CT molecular complexity index is 461. The molecule has 2 heterocycles. The number of halogens is 1.